The minimum absolute atomic E-state index is 0.0380. The number of hydrogen-bond acceptors (Lipinski definition) is 6. The number of rotatable bonds is 13. The van der Waals surface area contributed by atoms with E-state index < -0.39 is 24.3 Å². The number of nitrogens with one attached hydrogen (secondary N) is 2. The van der Waals surface area contributed by atoms with Crippen LogP contribution in [0.2, 0.25) is 0 Å². The molecule has 1 aromatic heterocycles. The van der Waals surface area contributed by atoms with Crippen molar-refractivity contribution >= 4 is 34.4 Å². The van der Waals surface area contributed by atoms with Crippen LogP contribution in [0, 0.1) is 0 Å². The molecule has 0 aliphatic carbocycles. The minimum atomic E-state index is -5.08. The third-order valence-electron chi connectivity index (χ3n) is 7.81. The number of Topliss-reactive ketones (excluding diaryl/α,β-unsaturated/α-hetero) is 1. The Morgan fingerprint density at radius 2 is 1.48 bits per heavy atom. The van der Waals surface area contributed by atoms with Crippen LogP contribution >= 0.6 is 0 Å². The second-order valence-corrected chi connectivity index (χ2v) is 11.6. The number of likely N-dealkylation sites (tertiary alicyclic amines) is 1. The van der Waals surface area contributed by atoms with Gasteiger partial charge in [-0.15, -0.1) is 0 Å². The van der Waals surface area contributed by atoms with Gasteiger partial charge in [-0.1, -0.05) is 62.6 Å². The van der Waals surface area contributed by atoms with Crippen LogP contribution in [0.1, 0.15) is 76.5 Å². The molecule has 4 rings (SSSR count). The number of carbonyl (C=O) groups is 4. The molecule has 10 nitrogen and oxygen atoms in total. The average molecular weight is 717 g/mol. The predicted octanol–water partition coefficient (Wildman–Crippen LogP) is 7.11. The molecule has 4 N–H and O–H groups in total. The van der Waals surface area contributed by atoms with E-state index in [0.717, 1.165) is 62.4 Å². The smallest absolute Gasteiger partial charge is 0.475 e. The van der Waals surface area contributed by atoms with Crippen LogP contribution in [-0.4, -0.2) is 87.2 Å². The van der Waals surface area contributed by atoms with Gasteiger partial charge in [0.2, 0.25) is 5.91 Å². The van der Waals surface area contributed by atoms with E-state index in [-0.39, 0.29) is 11.8 Å². The Bertz CT molecular complexity index is 1510. The quantitative estimate of drug-likeness (QED) is 0.108. The van der Waals surface area contributed by atoms with Crippen molar-refractivity contribution in [2.24, 2.45) is 0 Å². The fourth-order valence-corrected chi connectivity index (χ4v) is 5.08. The van der Waals surface area contributed by atoms with Gasteiger partial charge in [0, 0.05) is 31.5 Å². The first-order chi connectivity index (χ1) is 23.5. The number of carboxylic acid groups (broad SMARTS) is 2. The molecule has 276 valence electrons. The summed E-state index contributed by atoms with van der Waals surface area (Å²) in [5.74, 6) is -4.76. The summed E-state index contributed by atoms with van der Waals surface area (Å²) in [7, 11) is 0. The van der Waals surface area contributed by atoms with Gasteiger partial charge in [0.1, 0.15) is 11.6 Å². The Balaban J connectivity index is 0.000000521. The van der Waals surface area contributed by atoms with Gasteiger partial charge < -0.3 is 25.4 Å². The van der Waals surface area contributed by atoms with Gasteiger partial charge in [-0.25, -0.2) is 14.6 Å². The normalized spacial score (nSPS) is 14.1. The van der Waals surface area contributed by atoms with Crippen molar-refractivity contribution in [1.82, 2.24) is 20.2 Å². The SMILES string of the molecule is CCC(=O)CCCCCC(C(=O)NCCN1CCCCC1)c1ncc(-c2ccc3ccccc3c2)[nH]1.O=C(O)C(F)(F)F.O=C(O)C(F)(F)F. The molecule has 1 saturated heterocycles. The minimum Gasteiger partial charge on any atom is -0.475 e. The van der Waals surface area contributed by atoms with Crippen molar-refractivity contribution in [2.75, 3.05) is 26.2 Å². The summed E-state index contributed by atoms with van der Waals surface area (Å²) in [6.07, 6.45) is 0.177. The van der Waals surface area contributed by atoms with E-state index in [1.807, 2.05) is 25.3 Å². The first-order valence-electron chi connectivity index (χ1n) is 16.2. The van der Waals surface area contributed by atoms with Crippen LogP contribution in [0.4, 0.5) is 26.3 Å². The molecule has 1 aliphatic heterocycles. The molecule has 1 amide bonds. The number of piperidine rings is 1. The van der Waals surface area contributed by atoms with Crippen molar-refractivity contribution in [3.63, 3.8) is 0 Å². The molecule has 1 fully saturated rings. The predicted molar refractivity (Wildman–Crippen MR) is 173 cm³/mol. The highest BCUT2D eigenvalue weighted by Crippen LogP contribution is 2.27. The Morgan fingerprint density at radius 3 is 2.06 bits per heavy atom. The highest BCUT2D eigenvalue weighted by molar-refractivity contribution is 5.87. The lowest BCUT2D eigenvalue weighted by Gasteiger charge is -2.26. The fourth-order valence-electron chi connectivity index (χ4n) is 5.08. The number of carboxylic acids is 2. The van der Waals surface area contributed by atoms with Gasteiger partial charge in [-0.05, 0) is 55.6 Å². The molecule has 0 saturated carbocycles. The largest absolute Gasteiger partial charge is 0.490 e. The van der Waals surface area contributed by atoms with E-state index in [2.05, 4.69) is 50.5 Å². The monoisotopic (exact) mass is 716 g/mol. The number of carbonyl (C=O) groups excluding carboxylic acids is 2. The summed E-state index contributed by atoms with van der Waals surface area (Å²) in [5.41, 5.74) is 1.99. The summed E-state index contributed by atoms with van der Waals surface area (Å²) in [4.78, 5) is 53.2. The van der Waals surface area contributed by atoms with Crippen molar-refractivity contribution in [3.05, 3.63) is 54.5 Å². The first-order valence-corrected chi connectivity index (χ1v) is 16.2. The molecule has 16 heteroatoms. The summed E-state index contributed by atoms with van der Waals surface area (Å²) in [6, 6.07) is 14.7. The molecule has 3 aromatic rings. The molecule has 1 aliphatic rings. The van der Waals surface area contributed by atoms with Crippen molar-refractivity contribution < 1.29 is 55.7 Å². The van der Waals surface area contributed by atoms with Crippen LogP contribution in [-0.2, 0) is 19.2 Å². The summed E-state index contributed by atoms with van der Waals surface area (Å²) in [5, 5.41) is 19.8. The average Bonchev–Trinajstić information content (AvgIpc) is 3.56. The number of ketones is 1. The number of benzene rings is 2. The summed E-state index contributed by atoms with van der Waals surface area (Å²) >= 11 is 0. The number of alkyl halides is 6. The van der Waals surface area contributed by atoms with E-state index in [4.69, 9.17) is 19.8 Å². The van der Waals surface area contributed by atoms with Crippen molar-refractivity contribution in [1.29, 1.82) is 0 Å². The topological polar surface area (TPSA) is 153 Å². The van der Waals surface area contributed by atoms with Crippen molar-refractivity contribution in [3.8, 4) is 11.3 Å². The van der Waals surface area contributed by atoms with Crippen LogP contribution < -0.4 is 5.32 Å². The number of halogens is 6. The summed E-state index contributed by atoms with van der Waals surface area (Å²) in [6.45, 7) is 5.74. The molecular weight excluding hydrogens is 674 g/mol. The molecule has 1 unspecified atom stereocenters. The molecule has 0 radical (unpaired) electrons. The van der Waals surface area contributed by atoms with Gasteiger partial charge in [0.25, 0.3) is 0 Å². The molecule has 50 heavy (non-hydrogen) atoms. The third kappa shape index (κ3) is 15.0. The first kappa shape index (κ1) is 41.7. The Morgan fingerprint density at radius 1 is 0.880 bits per heavy atom. The van der Waals surface area contributed by atoms with Gasteiger partial charge >= 0.3 is 24.3 Å². The maximum atomic E-state index is 13.3. The summed E-state index contributed by atoms with van der Waals surface area (Å²) < 4.78 is 63.5. The highest BCUT2D eigenvalue weighted by atomic mass is 19.4. The second-order valence-electron chi connectivity index (χ2n) is 11.6. The van der Waals surface area contributed by atoms with Crippen LogP contribution in [0.3, 0.4) is 0 Å². The maximum absolute atomic E-state index is 13.3. The number of aromatic nitrogens is 2. The molecule has 1 atom stereocenters. The number of hydrogen-bond donors (Lipinski definition) is 4. The zero-order valence-electron chi connectivity index (χ0n) is 27.6. The number of aliphatic carboxylic acids is 2. The molecule has 0 bridgehead atoms. The number of fused-ring (bicyclic) bond motifs is 1. The molecular formula is C34H42F6N4O6. The third-order valence-corrected chi connectivity index (χ3v) is 7.81. The number of H-pyrrole nitrogens is 1. The van der Waals surface area contributed by atoms with E-state index in [0.29, 0.717) is 25.2 Å². The zero-order valence-corrected chi connectivity index (χ0v) is 27.6. The lowest BCUT2D eigenvalue weighted by atomic mass is 9.98. The molecule has 0 spiro atoms. The number of unbranched alkanes of at least 4 members (excludes halogenated alkanes) is 2. The van der Waals surface area contributed by atoms with Gasteiger partial charge in [-0.2, -0.15) is 26.3 Å². The lowest BCUT2D eigenvalue weighted by Crippen LogP contribution is -2.39. The fraction of sp³-hybridized carbons (Fsp3) is 0.500. The van der Waals surface area contributed by atoms with Crippen LogP contribution in [0.5, 0.6) is 0 Å². The van der Waals surface area contributed by atoms with Crippen LogP contribution in [0.25, 0.3) is 22.0 Å². The molecule has 2 aromatic carbocycles. The number of nitrogens with zero attached hydrogens (tertiary/aromatic N) is 2. The number of imidazole rings is 1. The van der Waals surface area contributed by atoms with Crippen LogP contribution in [0.15, 0.2) is 48.7 Å². The number of aromatic amines is 1. The van der Waals surface area contributed by atoms with E-state index in [1.165, 1.54) is 30.0 Å². The van der Waals surface area contributed by atoms with Gasteiger partial charge in [-0.3, -0.25) is 9.59 Å². The number of amides is 1. The second kappa shape index (κ2) is 20.3. The van der Waals surface area contributed by atoms with Gasteiger partial charge in [0.05, 0.1) is 17.8 Å². The Labute approximate surface area is 285 Å². The van der Waals surface area contributed by atoms with Crippen molar-refractivity contribution in [2.45, 2.75) is 83.0 Å². The standard InChI is InChI=1S/C30H40N4O2.2C2HF3O2/c1-2-26(35)13-5-3-6-14-27(30(36)31-17-20-34-18-9-4-10-19-34)29-32-22-28(33-29)25-16-15-23-11-7-8-12-24(23)21-25;2*3-2(4,5)1(6)7/h7-8,11-12,15-16,21-22,27H,2-6,9-10,13-14,17-20H2,1H3,(H,31,36)(H,32,33);2*(H,6,7). The van der Waals surface area contributed by atoms with E-state index in [1.54, 1.807) is 0 Å². The molecule has 2 heterocycles. The highest BCUT2D eigenvalue weighted by Gasteiger charge is 2.39. The maximum Gasteiger partial charge on any atom is 0.490 e. The Kier molecular flexibility index (Phi) is 16.9. The lowest BCUT2D eigenvalue weighted by molar-refractivity contribution is -0.193. The zero-order chi connectivity index (χ0) is 37.3. The Hall–Kier alpha value is -4.47. The van der Waals surface area contributed by atoms with Gasteiger partial charge in [0.15, 0.2) is 0 Å². The van der Waals surface area contributed by atoms with E-state index in [9.17, 15) is 35.9 Å². The van der Waals surface area contributed by atoms with E-state index >= 15 is 0 Å².